The molecule has 0 spiro atoms. The molecule has 0 aliphatic heterocycles. The number of nitrogens with two attached hydrogens (primary N) is 1. The number of nitrogens with one attached hydrogen (secondary N) is 3. The summed E-state index contributed by atoms with van der Waals surface area (Å²) in [5, 5.41) is 12.4. The molecule has 76 valence electrons. The van der Waals surface area contributed by atoms with E-state index < -0.39 is 0 Å². The lowest BCUT2D eigenvalue weighted by molar-refractivity contribution is 0.237. The van der Waals surface area contributed by atoms with Gasteiger partial charge >= 0.3 is 6.03 Å². The standard InChI is InChI=1S/C8H18N4O/c1-4-6(7(9)10)12-8(13)11-5(2)3/h5-6H,4H2,1-3H3,(H3,9,10)(H2,11,12,13). The predicted molar refractivity (Wildman–Crippen MR) is 52.8 cm³/mol. The molecule has 13 heavy (non-hydrogen) atoms. The lowest BCUT2D eigenvalue weighted by atomic mass is 10.2. The molecule has 0 heterocycles. The summed E-state index contributed by atoms with van der Waals surface area (Å²) in [5.41, 5.74) is 5.27. The first-order valence-corrected chi connectivity index (χ1v) is 4.38. The lowest BCUT2D eigenvalue weighted by Gasteiger charge is -2.17. The third-order valence-electron chi connectivity index (χ3n) is 1.51. The number of hydrogen-bond acceptors (Lipinski definition) is 2. The van der Waals surface area contributed by atoms with Gasteiger partial charge in [0.25, 0.3) is 0 Å². The van der Waals surface area contributed by atoms with Crippen molar-refractivity contribution < 1.29 is 4.79 Å². The van der Waals surface area contributed by atoms with Crippen molar-refractivity contribution in [3.05, 3.63) is 0 Å². The summed E-state index contributed by atoms with van der Waals surface area (Å²) in [6.07, 6.45) is 0.626. The van der Waals surface area contributed by atoms with Gasteiger partial charge < -0.3 is 16.4 Å². The second kappa shape index (κ2) is 5.40. The van der Waals surface area contributed by atoms with Crippen molar-refractivity contribution in [3.8, 4) is 0 Å². The number of carbonyl (C=O) groups is 1. The molecule has 0 aromatic carbocycles. The van der Waals surface area contributed by atoms with Gasteiger partial charge in [0.15, 0.2) is 0 Å². The summed E-state index contributed by atoms with van der Waals surface area (Å²) in [7, 11) is 0. The van der Waals surface area contributed by atoms with Crippen LogP contribution in [-0.4, -0.2) is 24.0 Å². The van der Waals surface area contributed by atoms with Crippen LogP contribution in [0.1, 0.15) is 27.2 Å². The Morgan fingerprint density at radius 2 is 2.00 bits per heavy atom. The molecule has 5 heteroatoms. The van der Waals surface area contributed by atoms with Crippen LogP contribution in [0.4, 0.5) is 4.79 Å². The van der Waals surface area contributed by atoms with Crippen LogP contribution in [0.15, 0.2) is 0 Å². The summed E-state index contributed by atoms with van der Waals surface area (Å²) in [4.78, 5) is 11.2. The molecule has 0 aromatic heterocycles. The van der Waals surface area contributed by atoms with E-state index in [1.807, 2.05) is 20.8 Å². The van der Waals surface area contributed by atoms with E-state index in [2.05, 4.69) is 10.6 Å². The molecule has 0 aromatic rings. The van der Waals surface area contributed by atoms with Gasteiger partial charge in [-0.1, -0.05) is 6.92 Å². The maximum absolute atomic E-state index is 11.2. The van der Waals surface area contributed by atoms with Crippen molar-refractivity contribution in [2.24, 2.45) is 5.73 Å². The molecule has 5 nitrogen and oxygen atoms in total. The van der Waals surface area contributed by atoms with Crippen molar-refractivity contribution in [1.82, 2.24) is 10.6 Å². The van der Waals surface area contributed by atoms with E-state index in [1.54, 1.807) is 0 Å². The fourth-order valence-corrected chi connectivity index (χ4v) is 0.862. The molecule has 0 saturated heterocycles. The Hall–Kier alpha value is -1.26. The van der Waals surface area contributed by atoms with Gasteiger partial charge in [-0.05, 0) is 20.3 Å². The number of urea groups is 1. The van der Waals surface area contributed by atoms with Gasteiger partial charge in [-0.3, -0.25) is 5.41 Å². The van der Waals surface area contributed by atoms with Crippen molar-refractivity contribution in [2.45, 2.75) is 39.3 Å². The van der Waals surface area contributed by atoms with Gasteiger partial charge in [0, 0.05) is 6.04 Å². The third-order valence-corrected chi connectivity index (χ3v) is 1.51. The predicted octanol–water partition coefficient (Wildman–Crippen LogP) is 0.409. The Balaban J connectivity index is 3.94. The first-order chi connectivity index (χ1) is 5.97. The smallest absolute Gasteiger partial charge is 0.315 e. The Morgan fingerprint density at radius 1 is 1.46 bits per heavy atom. The highest BCUT2D eigenvalue weighted by Gasteiger charge is 2.12. The highest BCUT2D eigenvalue weighted by atomic mass is 16.2. The second-order valence-corrected chi connectivity index (χ2v) is 3.19. The van der Waals surface area contributed by atoms with Gasteiger partial charge in [0.2, 0.25) is 0 Å². The Morgan fingerprint density at radius 3 is 2.31 bits per heavy atom. The van der Waals surface area contributed by atoms with Crippen LogP contribution in [0, 0.1) is 5.41 Å². The van der Waals surface area contributed by atoms with Gasteiger partial charge in [0.05, 0.1) is 6.04 Å². The molecule has 0 saturated carbocycles. The van der Waals surface area contributed by atoms with Crippen LogP contribution in [0.5, 0.6) is 0 Å². The van der Waals surface area contributed by atoms with Gasteiger partial charge in [-0.25, -0.2) is 4.79 Å². The largest absolute Gasteiger partial charge is 0.386 e. The normalized spacial score (nSPS) is 12.3. The number of hydrogen-bond donors (Lipinski definition) is 4. The van der Waals surface area contributed by atoms with Crippen molar-refractivity contribution in [3.63, 3.8) is 0 Å². The van der Waals surface area contributed by atoms with E-state index in [0.29, 0.717) is 6.42 Å². The van der Waals surface area contributed by atoms with Crippen LogP contribution < -0.4 is 16.4 Å². The summed E-state index contributed by atoms with van der Waals surface area (Å²) in [6, 6.07) is -0.555. The topological polar surface area (TPSA) is 91.0 Å². The van der Waals surface area contributed by atoms with Crippen LogP contribution >= 0.6 is 0 Å². The fourth-order valence-electron chi connectivity index (χ4n) is 0.862. The minimum Gasteiger partial charge on any atom is -0.386 e. The lowest BCUT2D eigenvalue weighted by Crippen LogP contribution is -2.49. The second-order valence-electron chi connectivity index (χ2n) is 3.19. The minimum atomic E-state index is -0.362. The molecule has 2 amide bonds. The molecule has 5 N–H and O–H groups in total. The quantitative estimate of drug-likeness (QED) is 0.378. The Labute approximate surface area is 78.6 Å². The van der Waals surface area contributed by atoms with E-state index in [9.17, 15) is 4.79 Å². The average Bonchev–Trinajstić information content (AvgIpc) is 1.98. The Kier molecular flexibility index (Phi) is 4.87. The van der Waals surface area contributed by atoms with E-state index in [-0.39, 0.29) is 24.0 Å². The average molecular weight is 186 g/mol. The van der Waals surface area contributed by atoms with Crippen LogP contribution in [0.2, 0.25) is 0 Å². The number of carbonyl (C=O) groups excluding carboxylic acids is 1. The molecule has 0 rings (SSSR count). The van der Waals surface area contributed by atoms with E-state index in [1.165, 1.54) is 0 Å². The summed E-state index contributed by atoms with van der Waals surface area (Å²) in [5.74, 6) is -0.0126. The zero-order chi connectivity index (χ0) is 10.4. The van der Waals surface area contributed by atoms with Crippen LogP contribution in [0.3, 0.4) is 0 Å². The monoisotopic (exact) mass is 186 g/mol. The van der Waals surface area contributed by atoms with Gasteiger partial charge in [0.1, 0.15) is 5.84 Å². The first-order valence-electron chi connectivity index (χ1n) is 4.38. The Bertz CT molecular complexity index is 191. The zero-order valence-corrected chi connectivity index (χ0v) is 8.35. The molecule has 0 radical (unpaired) electrons. The zero-order valence-electron chi connectivity index (χ0n) is 8.35. The van der Waals surface area contributed by atoms with Crippen molar-refractivity contribution in [2.75, 3.05) is 0 Å². The van der Waals surface area contributed by atoms with E-state index >= 15 is 0 Å². The summed E-state index contributed by atoms with van der Waals surface area (Å²) < 4.78 is 0. The van der Waals surface area contributed by atoms with Gasteiger partial charge in [-0.15, -0.1) is 0 Å². The third kappa shape index (κ3) is 5.05. The van der Waals surface area contributed by atoms with Crippen molar-refractivity contribution in [1.29, 1.82) is 5.41 Å². The molecule has 0 aliphatic rings. The SMILES string of the molecule is CCC(NC(=O)NC(C)C)C(=N)N. The van der Waals surface area contributed by atoms with Gasteiger partial charge in [-0.2, -0.15) is 0 Å². The molecule has 0 aliphatic carbocycles. The maximum Gasteiger partial charge on any atom is 0.315 e. The van der Waals surface area contributed by atoms with Crippen molar-refractivity contribution >= 4 is 11.9 Å². The van der Waals surface area contributed by atoms with Crippen LogP contribution in [-0.2, 0) is 0 Å². The van der Waals surface area contributed by atoms with E-state index in [0.717, 1.165) is 0 Å². The number of amidine groups is 1. The highest BCUT2D eigenvalue weighted by molar-refractivity contribution is 5.87. The number of amides is 2. The molecular formula is C8H18N4O. The summed E-state index contributed by atoms with van der Waals surface area (Å²) >= 11 is 0. The highest BCUT2D eigenvalue weighted by Crippen LogP contribution is 1.89. The molecule has 1 unspecified atom stereocenters. The summed E-state index contributed by atoms with van der Waals surface area (Å²) in [6.45, 7) is 5.60. The number of rotatable bonds is 4. The fraction of sp³-hybridized carbons (Fsp3) is 0.750. The van der Waals surface area contributed by atoms with E-state index in [4.69, 9.17) is 11.1 Å². The molecule has 0 bridgehead atoms. The molecular weight excluding hydrogens is 168 g/mol. The molecule has 1 atom stereocenters. The minimum absolute atomic E-state index is 0.0126. The molecule has 0 fully saturated rings. The van der Waals surface area contributed by atoms with Crippen LogP contribution in [0.25, 0.3) is 0 Å². The first kappa shape index (κ1) is 11.7. The maximum atomic E-state index is 11.2.